The van der Waals surface area contributed by atoms with E-state index >= 15 is 0 Å². The number of methoxy groups -OCH3 is 1. The summed E-state index contributed by atoms with van der Waals surface area (Å²) in [5, 5.41) is 11.5. The van der Waals surface area contributed by atoms with Gasteiger partial charge in [-0.3, -0.25) is 14.4 Å². The molecule has 0 bridgehead atoms. The Morgan fingerprint density at radius 3 is 2.53 bits per heavy atom. The zero-order valence-corrected chi connectivity index (χ0v) is 18.0. The first-order valence-electron chi connectivity index (χ1n) is 10.1. The van der Waals surface area contributed by atoms with E-state index < -0.39 is 41.1 Å². The Morgan fingerprint density at radius 2 is 1.91 bits per heavy atom. The van der Waals surface area contributed by atoms with Crippen LogP contribution in [0.25, 0.3) is 10.9 Å². The number of fused-ring (bicyclic) bond motifs is 1. The summed E-state index contributed by atoms with van der Waals surface area (Å²) in [4.78, 5) is 52.6. The number of amides is 1. The van der Waals surface area contributed by atoms with Crippen LogP contribution >= 0.6 is 0 Å². The zero-order chi connectivity index (χ0) is 23.6. The molecule has 0 spiro atoms. The van der Waals surface area contributed by atoms with Gasteiger partial charge in [-0.25, -0.2) is 4.79 Å². The molecule has 1 atom stereocenters. The molecule has 0 saturated heterocycles. The average molecular weight is 439 g/mol. The number of carbonyl (C=O) groups excluding carboxylic acids is 2. The van der Waals surface area contributed by atoms with Crippen LogP contribution in [0.4, 0.5) is 0 Å². The molecule has 3 rings (SSSR count). The fraction of sp³-hybridized carbons (Fsp3) is 0.304. The van der Waals surface area contributed by atoms with Gasteiger partial charge in [-0.2, -0.15) is 0 Å². The number of ether oxygens (including phenoxy) is 1. The van der Waals surface area contributed by atoms with E-state index in [2.05, 4.69) is 9.72 Å². The quantitative estimate of drug-likeness (QED) is 0.479. The molecule has 32 heavy (non-hydrogen) atoms. The lowest BCUT2D eigenvalue weighted by Gasteiger charge is -2.21. The number of H-pyrrole nitrogens is 1. The third-order valence-corrected chi connectivity index (χ3v) is 5.22. The van der Waals surface area contributed by atoms with Crippen LogP contribution in [0.15, 0.2) is 46.1 Å². The number of carbonyl (C=O) groups is 2. The minimum Gasteiger partial charge on any atom is -0.506 e. The Kier molecular flexibility index (Phi) is 6.47. The van der Waals surface area contributed by atoms with Crippen molar-refractivity contribution in [1.29, 1.82) is 0 Å². The summed E-state index contributed by atoms with van der Waals surface area (Å²) >= 11 is 0. The summed E-state index contributed by atoms with van der Waals surface area (Å²) in [5.74, 6) is -3.35. The molecule has 0 aliphatic carbocycles. The number of aromatic nitrogens is 2. The number of aromatic hydroxyl groups is 1. The zero-order valence-electron chi connectivity index (χ0n) is 18.0. The molecule has 0 aliphatic heterocycles. The highest BCUT2D eigenvalue weighted by molar-refractivity contribution is 5.92. The molecule has 0 saturated carbocycles. The average Bonchev–Trinajstić information content (AvgIpc) is 2.74. The normalized spacial score (nSPS) is 12.1. The van der Waals surface area contributed by atoms with E-state index in [9.17, 15) is 24.3 Å². The second-order valence-electron chi connectivity index (χ2n) is 7.98. The van der Waals surface area contributed by atoms with Crippen LogP contribution in [0, 0.1) is 5.92 Å². The second kappa shape index (κ2) is 9.09. The molecule has 2 aromatic heterocycles. The van der Waals surface area contributed by atoms with Gasteiger partial charge in [0.15, 0.2) is 0 Å². The molecule has 168 valence electrons. The molecule has 0 radical (unpaired) electrons. The minimum absolute atomic E-state index is 0.117. The predicted molar refractivity (Wildman–Crippen MR) is 119 cm³/mol. The summed E-state index contributed by atoms with van der Waals surface area (Å²) in [5.41, 5.74) is 4.51. The van der Waals surface area contributed by atoms with Crippen molar-refractivity contribution in [3.05, 3.63) is 73.9 Å². The molecule has 1 aromatic carbocycles. The maximum absolute atomic E-state index is 13.5. The van der Waals surface area contributed by atoms with Crippen molar-refractivity contribution in [3.8, 4) is 5.75 Å². The molecule has 9 nitrogen and oxygen atoms in total. The van der Waals surface area contributed by atoms with Crippen molar-refractivity contribution in [2.45, 2.75) is 32.7 Å². The topological polar surface area (TPSA) is 144 Å². The van der Waals surface area contributed by atoms with Gasteiger partial charge < -0.3 is 25.1 Å². The summed E-state index contributed by atoms with van der Waals surface area (Å²) in [7, 11) is 1.13. The Bertz CT molecular complexity index is 1310. The molecular formula is C23H25N3O6. The first-order valence-corrected chi connectivity index (χ1v) is 10.1. The summed E-state index contributed by atoms with van der Waals surface area (Å²) in [6.45, 7) is 4.33. The Morgan fingerprint density at radius 1 is 1.22 bits per heavy atom. The van der Waals surface area contributed by atoms with Gasteiger partial charge in [0.05, 0.1) is 18.2 Å². The Balaban J connectivity index is 2.37. The van der Waals surface area contributed by atoms with Gasteiger partial charge in [-0.05, 0) is 23.4 Å². The number of esters is 1. The van der Waals surface area contributed by atoms with Crippen LogP contribution in [0.3, 0.4) is 0 Å². The Labute approximate surface area is 183 Å². The molecule has 3 aromatic rings. The van der Waals surface area contributed by atoms with Crippen LogP contribution in [0.5, 0.6) is 5.75 Å². The van der Waals surface area contributed by atoms with E-state index in [4.69, 9.17) is 5.73 Å². The number of primary amides is 1. The van der Waals surface area contributed by atoms with Crippen molar-refractivity contribution in [2.75, 3.05) is 7.11 Å². The number of benzene rings is 1. The van der Waals surface area contributed by atoms with Crippen LogP contribution in [-0.2, 0) is 16.1 Å². The van der Waals surface area contributed by atoms with Crippen molar-refractivity contribution >= 4 is 22.8 Å². The smallest absolute Gasteiger partial charge is 0.343 e. The number of rotatable bonds is 7. The van der Waals surface area contributed by atoms with E-state index in [0.717, 1.165) is 18.7 Å². The van der Waals surface area contributed by atoms with Crippen LogP contribution in [0.1, 0.15) is 47.7 Å². The van der Waals surface area contributed by atoms with Gasteiger partial charge in [0.25, 0.3) is 11.1 Å². The molecule has 0 aliphatic rings. The lowest BCUT2D eigenvalue weighted by molar-refractivity contribution is -0.118. The van der Waals surface area contributed by atoms with Gasteiger partial charge >= 0.3 is 5.97 Å². The molecule has 1 amide bonds. The molecule has 0 unspecified atom stereocenters. The number of nitrogens with zero attached hydrogens (tertiary/aromatic N) is 1. The van der Waals surface area contributed by atoms with E-state index in [1.807, 2.05) is 38.1 Å². The monoisotopic (exact) mass is 439 g/mol. The number of aromatic amines is 1. The highest BCUT2D eigenvalue weighted by Crippen LogP contribution is 2.33. The highest BCUT2D eigenvalue weighted by Gasteiger charge is 2.30. The number of pyridine rings is 2. The van der Waals surface area contributed by atoms with E-state index in [1.54, 1.807) is 10.6 Å². The third-order valence-electron chi connectivity index (χ3n) is 5.22. The largest absolute Gasteiger partial charge is 0.506 e. The second-order valence-corrected chi connectivity index (χ2v) is 7.98. The summed E-state index contributed by atoms with van der Waals surface area (Å²) in [6.07, 6.45) is 0.599. The van der Waals surface area contributed by atoms with Gasteiger partial charge in [0, 0.05) is 30.6 Å². The highest BCUT2D eigenvalue weighted by atomic mass is 16.5. The summed E-state index contributed by atoms with van der Waals surface area (Å²) < 4.78 is 6.23. The maximum atomic E-state index is 13.5. The van der Waals surface area contributed by atoms with Crippen LogP contribution in [-0.4, -0.2) is 33.6 Å². The predicted octanol–water partition coefficient (Wildman–Crippen LogP) is 1.85. The van der Waals surface area contributed by atoms with Crippen molar-refractivity contribution < 1.29 is 19.4 Å². The molecular weight excluding hydrogens is 414 g/mol. The van der Waals surface area contributed by atoms with Gasteiger partial charge in [0.1, 0.15) is 11.3 Å². The number of nitrogens with two attached hydrogens (primary N) is 1. The number of hydrogen-bond donors (Lipinski definition) is 3. The van der Waals surface area contributed by atoms with Crippen molar-refractivity contribution in [2.24, 2.45) is 11.7 Å². The molecule has 4 N–H and O–H groups in total. The first-order chi connectivity index (χ1) is 15.1. The molecule has 9 heteroatoms. The van der Waals surface area contributed by atoms with E-state index in [-0.39, 0.29) is 22.6 Å². The van der Waals surface area contributed by atoms with Gasteiger partial charge in [-0.1, -0.05) is 32.0 Å². The number of para-hydroxylation sites is 1. The van der Waals surface area contributed by atoms with E-state index in [0.29, 0.717) is 12.1 Å². The van der Waals surface area contributed by atoms with Crippen LogP contribution < -0.4 is 16.9 Å². The van der Waals surface area contributed by atoms with Gasteiger partial charge in [-0.15, -0.1) is 0 Å². The lowest BCUT2D eigenvalue weighted by Crippen LogP contribution is -2.31. The minimum atomic E-state index is -1.17. The lowest BCUT2D eigenvalue weighted by atomic mass is 9.87. The summed E-state index contributed by atoms with van der Waals surface area (Å²) in [6, 6.07) is 8.84. The van der Waals surface area contributed by atoms with Crippen molar-refractivity contribution in [1.82, 2.24) is 9.55 Å². The fourth-order valence-electron chi connectivity index (χ4n) is 3.84. The van der Waals surface area contributed by atoms with E-state index in [1.165, 1.54) is 0 Å². The fourth-order valence-corrected chi connectivity index (χ4v) is 3.84. The van der Waals surface area contributed by atoms with Gasteiger partial charge in [0.2, 0.25) is 5.91 Å². The van der Waals surface area contributed by atoms with Crippen LogP contribution in [0.2, 0.25) is 0 Å². The number of hydrogen-bond acceptors (Lipinski definition) is 6. The standard InChI is InChI=1S/C23H25N3O6/c1-12(2)11-26-17-7-5-4-6-13(17)8-15(22(26)30)14(9-18(24)27)19-20(28)16(23(31)32-3)10-25-21(19)29/h4-8,10,12,14H,9,11H2,1-3H3,(H2,24,27)(H2,25,28,29)/t14-/m0/s1. The molecule has 2 heterocycles. The third kappa shape index (κ3) is 4.27. The maximum Gasteiger partial charge on any atom is 0.343 e. The molecule has 0 fully saturated rings. The Hall–Kier alpha value is -3.88. The first kappa shape index (κ1) is 22.8. The van der Waals surface area contributed by atoms with Crippen molar-refractivity contribution in [3.63, 3.8) is 0 Å². The number of nitrogens with one attached hydrogen (secondary N) is 1. The SMILES string of the molecule is COC(=O)c1c[nH]c(=O)c([C@@H](CC(N)=O)c2cc3ccccc3n(CC(C)C)c2=O)c1O.